The van der Waals surface area contributed by atoms with E-state index in [1.54, 1.807) is 0 Å². The molecule has 1 heterocycles. The largest absolute Gasteiger partial charge is 0.479 e. The molecule has 1 fully saturated rings. The minimum absolute atomic E-state index is 0.0141. The number of carbonyl (C=O) groups excluding carboxylic acids is 1. The molecular formula is C13H13ClFNO4. The summed E-state index contributed by atoms with van der Waals surface area (Å²) in [5.74, 6) is -1.97. The lowest BCUT2D eigenvalue weighted by molar-refractivity contribution is -0.151. The number of halogens is 2. The van der Waals surface area contributed by atoms with E-state index in [9.17, 15) is 14.0 Å². The Balaban J connectivity index is 1.86. The SMILES string of the molecule is O=C(NCc1ccc(F)c(Cl)c1)[C@@H]1CC[C@H](C(=O)O)O1. The van der Waals surface area contributed by atoms with Crippen molar-refractivity contribution < 1.29 is 23.8 Å². The number of aliphatic carboxylic acids is 1. The van der Waals surface area contributed by atoms with Gasteiger partial charge in [0.25, 0.3) is 0 Å². The highest BCUT2D eigenvalue weighted by Crippen LogP contribution is 2.20. The highest BCUT2D eigenvalue weighted by atomic mass is 35.5. The fraction of sp³-hybridized carbons (Fsp3) is 0.385. The Morgan fingerprint density at radius 3 is 2.70 bits per heavy atom. The van der Waals surface area contributed by atoms with Gasteiger partial charge in [0.2, 0.25) is 5.91 Å². The summed E-state index contributed by atoms with van der Waals surface area (Å²) in [6.07, 6.45) is -0.999. The highest BCUT2D eigenvalue weighted by molar-refractivity contribution is 6.30. The standard InChI is InChI=1S/C13H13ClFNO4/c14-8-5-7(1-2-9(8)15)6-16-12(17)10-3-4-11(20-10)13(18)19/h1-2,5,10-11H,3-4,6H2,(H,16,17)(H,18,19)/t10-,11+/m0/s1. The molecule has 0 spiro atoms. The van der Waals surface area contributed by atoms with Crippen LogP contribution in [-0.4, -0.2) is 29.2 Å². The monoisotopic (exact) mass is 301 g/mol. The Hall–Kier alpha value is -1.66. The molecule has 1 amide bonds. The van der Waals surface area contributed by atoms with Crippen LogP contribution in [0.2, 0.25) is 5.02 Å². The van der Waals surface area contributed by atoms with Crippen molar-refractivity contribution in [2.24, 2.45) is 0 Å². The van der Waals surface area contributed by atoms with Crippen molar-refractivity contribution in [1.29, 1.82) is 0 Å². The fourth-order valence-electron chi connectivity index (χ4n) is 1.96. The first-order valence-corrected chi connectivity index (χ1v) is 6.45. The van der Waals surface area contributed by atoms with Crippen LogP contribution < -0.4 is 5.32 Å². The summed E-state index contributed by atoms with van der Waals surface area (Å²) >= 11 is 5.63. The van der Waals surface area contributed by atoms with E-state index in [1.807, 2.05) is 0 Å². The molecule has 0 bridgehead atoms. The molecule has 2 N–H and O–H groups in total. The van der Waals surface area contributed by atoms with Crippen molar-refractivity contribution >= 4 is 23.5 Å². The molecule has 1 aliphatic heterocycles. The Bertz CT molecular complexity index is 537. The van der Waals surface area contributed by atoms with E-state index in [0.29, 0.717) is 18.4 Å². The molecule has 7 heteroatoms. The van der Waals surface area contributed by atoms with E-state index in [-0.39, 0.29) is 17.5 Å². The lowest BCUT2D eigenvalue weighted by Gasteiger charge is -2.12. The van der Waals surface area contributed by atoms with Crippen LogP contribution in [0.15, 0.2) is 18.2 Å². The number of amides is 1. The third-order valence-corrected chi connectivity index (χ3v) is 3.33. The number of carboxylic acids is 1. The highest BCUT2D eigenvalue weighted by Gasteiger charge is 2.34. The molecule has 0 saturated carbocycles. The summed E-state index contributed by atoms with van der Waals surface area (Å²) < 4.78 is 18.1. The second-order valence-electron chi connectivity index (χ2n) is 4.50. The number of benzene rings is 1. The van der Waals surface area contributed by atoms with E-state index in [2.05, 4.69) is 5.32 Å². The van der Waals surface area contributed by atoms with E-state index in [1.165, 1.54) is 18.2 Å². The van der Waals surface area contributed by atoms with Crippen molar-refractivity contribution in [3.8, 4) is 0 Å². The number of ether oxygens (including phenoxy) is 1. The van der Waals surface area contributed by atoms with Gasteiger partial charge in [-0.3, -0.25) is 4.79 Å². The molecule has 1 aromatic rings. The molecule has 2 rings (SSSR count). The van der Waals surface area contributed by atoms with Gasteiger partial charge in [-0.15, -0.1) is 0 Å². The summed E-state index contributed by atoms with van der Waals surface area (Å²) in [6.45, 7) is 0.177. The van der Waals surface area contributed by atoms with E-state index in [0.717, 1.165) is 0 Å². The summed E-state index contributed by atoms with van der Waals surface area (Å²) in [5.41, 5.74) is 0.650. The Labute approximate surface area is 119 Å². The minimum Gasteiger partial charge on any atom is -0.479 e. The van der Waals surface area contributed by atoms with Crippen molar-refractivity contribution in [2.75, 3.05) is 0 Å². The second-order valence-corrected chi connectivity index (χ2v) is 4.90. The van der Waals surface area contributed by atoms with Gasteiger partial charge < -0.3 is 15.2 Å². The first kappa shape index (κ1) is 14.7. The smallest absolute Gasteiger partial charge is 0.332 e. The van der Waals surface area contributed by atoms with Gasteiger partial charge in [-0.1, -0.05) is 17.7 Å². The summed E-state index contributed by atoms with van der Waals surface area (Å²) in [6, 6.07) is 4.15. The molecule has 5 nitrogen and oxygen atoms in total. The fourth-order valence-corrected chi connectivity index (χ4v) is 2.17. The maximum atomic E-state index is 13.0. The Kier molecular flexibility index (Phi) is 4.57. The quantitative estimate of drug-likeness (QED) is 0.888. The molecule has 0 aromatic heterocycles. The zero-order valence-corrected chi connectivity index (χ0v) is 11.2. The van der Waals surface area contributed by atoms with Crippen LogP contribution in [0, 0.1) is 5.82 Å². The van der Waals surface area contributed by atoms with Crippen LogP contribution in [-0.2, 0) is 20.9 Å². The number of carboxylic acid groups (broad SMARTS) is 1. The molecule has 1 aromatic carbocycles. The molecule has 0 aliphatic carbocycles. The molecule has 0 radical (unpaired) electrons. The summed E-state index contributed by atoms with van der Waals surface area (Å²) in [4.78, 5) is 22.5. The molecule has 20 heavy (non-hydrogen) atoms. The van der Waals surface area contributed by atoms with Crippen molar-refractivity contribution in [3.63, 3.8) is 0 Å². The van der Waals surface area contributed by atoms with Crippen molar-refractivity contribution in [1.82, 2.24) is 5.32 Å². The van der Waals surface area contributed by atoms with Gasteiger partial charge in [0.15, 0.2) is 6.10 Å². The lowest BCUT2D eigenvalue weighted by atomic mass is 10.2. The molecule has 1 aliphatic rings. The first-order valence-electron chi connectivity index (χ1n) is 6.07. The lowest BCUT2D eigenvalue weighted by Crippen LogP contribution is -2.35. The molecule has 108 valence electrons. The van der Waals surface area contributed by atoms with Crippen LogP contribution in [0.5, 0.6) is 0 Å². The zero-order chi connectivity index (χ0) is 14.7. The van der Waals surface area contributed by atoms with Gasteiger partial charge in [-0.2, -0.15) is 0 Å². The van der Waals surface area contributed by atoms with Crippen LogP contribution in [0.3, 0.4) is 0 Å². The topological polar surface area (TPSA) is 75.6 Å². The van der Waals surface area contributed by atoms with E-state index >= 15 is 0 Å². The maximum absolute atomic E-state index is 13.0. The number of rotatable bonds is 4. The third-order valence-electron chi connectivity index (χ3n) is 3.04. The maximum Gasteiger partial charge on any atom is 0.332 e. The summed E-state index contributed by atoms with van der Waals surface area (Å²) in [5, 5.41) is 11.4. The third kappa shape index (κ3) is 3.46. The molecule has 1 saturated heterocycles. The van der Waals surface area contributed by atoms with Crippen LogP contribution in [0.25, 0.3) is 0 Å². The number of nitrogens with one attached hydrogen (secondary N) is 1. The Morgan fingerprint density at radius 2 is 2.10 bits per heavy atom. The molecular weight excluding hydrogens is 289 g/mol. The van der Waals surface area contributed by atoms with Crippen molar-refractivity contribution in [2.45, 2.75) is 31.6 Å². The second kappa shape index (κ2) is 6.19. The number of hydrogen-bond donors (Lipinski definition) is 2. The van der Waals surface area contributed by atoms with Crippen LogP contribution in [0.4, 0.5) is 4.39 Å². The average molecular weight is 302 g/mol. The van der Waals surface area contributed by atoms with Gasteiger partial charge in [-0.05, 0) is 30.5 Å². The van der Waals surface area contributed by atoms with E-state index in [4.69, 9.17) is 21.4 Å². The van der Waals surface area contributed by atoms with Crippen molar-refractivity contribution in [3.05, 3.63) is 34.6 Å². The normalized spacial score (nSPS) is 21.7. The van der Waals surface area contributed by atoms with Crippen LogP contribution >= 0.6 is 11.6 Å². The zero-order valence-electron chi connectivity index (χ0n) is 10.4. The average Bonchev–Trinajstić information content (AvgIpc) is 2.89. The van der Waals surface area contributed by atoms with E-state index < -0.39 is 24.0 Å². The van der Waals surface area contributed by atoms with Gasteiger partial charge in [0.1, 0.15) is 11.9 Å². The van der Waals surface area contributed by atoms with Gasteiger partial charge in [0, 0.05) is 6.54 Å². The number of hydrogen-bond acceptors (Lipinski definition) is 3. The molecule has 2 atom stereocenters. The summed E-state index contributed by atoms with van der Waals surface area (Å²) in [7, 11) is 0. The first-order chi connectivity index (χ1) is 9.47. The number of carbonyl (C=O) groups is 2. The molecule has 0 unspecified atom stereocenters. The Morgan fingerprint density at radius 1 is 1.40 bits per heavy atom. The predicted molar refractivity (Wildman–Crippen MR) is 68.8 cm³/mol. The van der Waals surface area contributed by atoms with Gasteiger partial charge >= 0.3 is 5.97 Å². The predicted octanol–water partition coefficient (Wildman–Crippen LogP) is 1.73. The van der Waals surface area contributed by atoms with Crippen LogP contribution in [0.1, 0.15) is 18.4 Å². The van der Waals surface area contributed by atoms with Gasteiger partial charge in [0.05, 0.1) is 5.02 Å². The van der Waals surface area contributed by atoms with Gasteiger partial charge in [-0.25, -0.2) is 9.18 Å². The minimum atomic E-state index is -1.06.